The van der Waals surface area contributed by atoms with Gasteiger partial charge in [0.2, 0.25) is 5.91 Å². The fourth-order valence-corrected chi connectivity index (χ4v) is 3.51. The molecule has 0 bridgehead atoms. The molecule has 0 radical (unpaired) electrons. The molecular weight excluding hydrogens is 334 g/mol. The van der Waals surface area contributed by atoms with Gasteiger partial charge in [0.1, 0.15) is 12.0 Å². The minimum Gasteiger partial charge on any atom is -0.335 e. The number of hydrogen-bond donors (Lipinski definition) is 1. The van der Waals surface area contributed by atoms with Crippen molar-refractivity contribution in [2.75, 3.05) is 6.54 Å². The Labute approximate surface area is 152 Å². The first-order valence-electron chi connectivity index (χ1n) is 8.92. The number of carbonyl (C=O) groups excluding carboxylic acids is 1. The van der Waals surface area contributed by atoms with Crippen molar-refractivity contribution < 1.29 is 13.6 Å². The second kappa shape index (κ2) is 7.54. The van der Waals surface area contributed by atoms with E-state index in [1.165, 1.54) is 12.1 Å². The van der Waals surface area contributed by atoms with Crippen LogP contribution in [-0.4, -0.2) is 35.6 Å². The van der Waals surface area contributed by atoms with Gasteiger partial charge < -0.3 is 10.6 Å². The van der Waals surface area contributed by atoms with Gasteiger partial charge in [-0.2, -0.15) is 0 Å². The Balaban J connectivity index is 1.85. The Morgan fingerprint density at radius 1 is 1.19 bits per heavy atom. The molecule has 1 heterocycles. The second-order valence-corrected chi connectivity index (χ2v) is 7.22. The van der Waals surface area contributed by atoms with E-state index in [2.05, 4.69) is 0 Å². The molecule has 0 saturated carbocycles. The lowest BCUT2D eigenvalue weighted by atomic mass is 9.96. The molecule has 1 amide bonds. The monoisotopic (exact) mass is 358 g/mol. The zero-order valence-electron chi connectivity index (χ0n) is 15.0. The van der Waals surface area contributed by atoms with Gasteiger partial charge in [0.25, 0.3) is 0 Å². The number of hydrogen-bond acceptors (Lipinski definition) is 2. The van der Waals surface area contributed by atoms with Gasteiger partial charge in [-0.3, -0.25) is 4.79 Å². The van der Waals surface area contributed by atoms with Crippen LogP contribution in [0.4, 0.5) is 8.78 Å². The van der Waals surface area contributed by atoms with E-state index in [9.17, 15) is 13.6 Å². The van der Waals surface area contributed by atoms with Crippen molar-refractivity contribution in [3.8, 4) is 11.1 Å². The highest BCUT2D eigenvalue weighted by Gasteiger charge is 2.42. The summed E-state index contributed by atoms with van der Waals surface area (Å²) in [7, 11) is 0. The molecular formula is C21H24F2N2O. The quantitative estimate of drug-likeness (QED) is 0.908. The summed E-state index contributed by atoms with van der Waals surface area (Å²) in [5, 5.41) is 0. The van der Waals surface area contributed by atoms with E-state index in [1.807, 2.05) is 30.3 Å². The highest BCUT2D eigenvalue weighted by molar-refractivity contribution is 5.79. The number of nitrogens with zero attached hydrogens (tertiary/aromatic N) is 1. The second-order valence-electron chi connectivity index (χ2n) is 7.22. The summed E-state index contributed by atoms with van der Waals surface area (Å²) in [5.74, 6) is -0.569. The third-order valence-electron chi connectivity index (χ3n) is 4.94. The molecule has 3 rings (SSSR count). The number of rotatable bonds is 4. The molecule has 0 aromatic heterocycles. The summed E-state index contributed by atoms with van der Waals surface area (Å²) in [6, 6.07) is 13.0. The average Bonchev–Trinajstić information content (AvgIpc) is 2.89. The lowest BCUT2D eigenvalue weighted by Gasteiger charge is -2.28. The van der Waals surface area contributed by atoms with E-state index in [1.54, 1.807) is 24.8 Å². The van der Waals surface area contributed by atoms with Crippen LogP contribution in [0.15, 0.2) is 48.5 Å². The van der Waals surface area contributed by atoms with Gasteiger partial charge >= 0.3 is 0 Å². The number of likely N-dealkylation sites (tertiary alicyclic amines) is 1. The van der Waals surface area contributed by atoms with Gasteiger partial charge in [-0.05, 0) is 35.2 Å². The predicted octanol–water partition coefficient (Wildman–Crippen LogP) is 3.57. The largest absolute Gasteiger partial charge is 0.335 e. The van der Waals surface area contributed by atoms with Crippen molar-refractivity contribution >= 4 is 5.91 Å². The maximum Gasteiger partial charge on any atom is 0.225 e. The Hall–Kier alpha value is -2.27. The number of amides is 1. The third-order valence-corrected chi connectivity index (χ3v) is 4.94. The van der Waals surface area contributed by atoms with E-state index in [0.717, 1.165) is 16.7 Å². The van der Waals surface area contributed by atoms with Crippen LogP contribution >= 0.6 is 0 Å². The van der Waals surface area contributed by atoms with Crippen LogP contribution < -0.4 is 5.73 Å². The van der Waals surface area contributed by atoms with Crippen LogP contribution in [0.3, 0.4) is 0 Å². The molecule has 3 atom stereocenters. The SMILES string of the molecule is CC(C)C(=O)N1C[C@H](F)[C@H](N)[C@@H]1Cc1cccc(-c2cccc(F)c2)c1. The third kappa shape index (κ3) is 3.78. The maximum absolute atomic E-state index is 14.2. The van der Waals surface area contributed by atoms with Gasteiger partial charge in [-0.1, -0.05) is 50.2 Å². The minimum atomic E-state index is -1.21. The summed E-state index contributed by atoms with van der Waals surface area (Å²) in [6.45, 7) is 3.66. The first kappa shape index (κ1) is 18.5. The molecule has 1 saturated heterocycles. The van der Waals surface area contributed by atoms with Crippen molar-refractivity contribution in [1.82, 2.24) is 4.90 Å². The molecule has 0 aliphatic carbocycles. The first-order valence-corrected chi connectivity index (χ1v) is 8.92. The molecule has 3 nitrogen and oxygen atoms in total. The number of alkyl halides is 1. The van der Waals surface area contributed by atoms with Gasteiger partial charge in [0, 0.05) is 5.92 Å². The Morgan fingerprint density at radius 2 is 1.85 bits per heavy atom. The summed E-state index contributed by atoms with van der Waals surface area (Å²) < 4.78 is 27.7. The van der Waals surface area contributed by atoms with E-state index in [0.29, 0.717) is 6.42 Å². The number of benzene rings is 2. The molecule has 5 heteroatoms. The van der Waals surface area contributed by atoms with E-state index < -0.39 is 12.2 Å². The highest BCUT2D eigenvalue weighted by Crippen LogP contribution is 2.27. The molecule has 138 valence electrons. The fraction of sp³-hybridized carbons (Fsp3) is 0.381. The van der Waals surface area contributed by atoms with Gasteiger partial charge in [-0.25, -0.2) is 8.78 Å². The Morgan fingerprint density at radius 3 is 2.50 bits per heavy atom. The summed E-state index contributed by atoms with van der Waals surface area (Å²) in [6.07, 6.45) is -0.738. The number of carbonyl (C=O) groups is 1. The predicted molar refractivity (Wildman–Crippen MR) is 98.8 cm³/mol. The first-order chi connectivity index (χ1) is 12.4. The molecule has 2 aromatic carbocycles. The van der Waals surface area contributed by atoms with Crippen LogP contribution in [0.25, 0.3) is 11.1 Å². The normalized spacial score (nSPS) is 22.8. The zero-order chi connectivity index (χ0) is 18.8. The van der Waals surface area contributed by atoms with Crippen LogP contribution in [-0.2, 0) is 11.2 Å². The van der Waals surface area contributed by atoms with Crippen LogP contribution in [0, 0.1) is 11.7 Å². The minimum absolute atomic E-state index is 0.0480. The topological polar surface area (TPSA) is 46.3 Å². The molecule has 1 aliphatic heterocycles. The van der Waals surface area contributed by atoms with Crippen molar-refractivity contribution in [3.05, 3.63) is 59.9 Å². The fourth-order valence-electron chi connectivity index (χ4n) is 3.51. The lowest BCUT2D eigenvalue weighted by Crippen LogP contribution is -2.46. The summed E-state index contributed by atoms with van der Waals surface area (Å²) in [5.41, 5.74) is 8.66. The summed E-state index contributed by atoms with van der Waals surface area (Å²) >= 11 is 0. The van der Waals surface area contributed by atoms with Gasteiger partial charge in [0.05, 0.1) is 18.6 Å². The number of halogens is 2. The van der Waals surface area contributed by atoms with E-state index in [4.69, 9.17) is 5.73 Å². The number of nitrogens with two attached hydrogens (primary N) is 1. The van der Waals surface area contributed by atoms with E-state index in [-0.39, 0.29) is 30.2 Å². The molecule has 1 fully saturated rings. The summed E-state index contributed by atoms with van der Waals surface area (Å²) in [4.78, 5) is 14.0. The van der Waals surface area contributed by atoms with Crippen molar-refractivity contribution in [2.45, 2.75) is 38.5 Å². The van der Waals surface area contributed by atoms with Crippen LogP contribution in [0.1, 0.15) is 19.4 Å². The Bertz CT molecular complexity index is 793. The van der Waals surface area contributed by atoms with Crippen molar-refractivity contribution in [2.24, 2.45) is 11.7 Å². The highest BCUT2D eigenvalue weighted by atomic mass is 19.1. The maximum atomic E-state index is 14.2. The lowest BCUT2D eigenvalue weighted by molar-refractivity contribution is -0.135. The zero-order valence-corrected chi connectivity index (χ0v) is 15.0. The van der Waals surface area contributed by atoms with Crippen LogP contribution in [0.2, 0.25) is 0 Å². The van der Waals surface area contributed by atoms with Crippen LogP contribution in [0.5, 0.6) is 0 Å². The molecule has 2 N–H and O–H groups in total. The van der Waals surface area contributed by atoms with Crippen molar-refractivity contribution in [3.63, 3.8) is 0 Å². The molecule has 2 aromatic rings. The molecule has 0 spiro atoms. The van der Waals surface area contributed by atoms with E-state index >= 15 is 0 Å². The van der Waals surface area contributed by atoms with Crippen molar-refractivity contribution in [1.29, 1.82) is 0 Å². The average molecular weight is 358 g/mol. The Kier molecular flexibility index (Phi) is 5.37. The standard InChI is InChI=1S/C21H24F2N2O/c1-13(2)21(26)25-12-18(23)20(24)19(25)10-14-5-3-6-15(9-14)16-7-4-8-17(22)11-16/h3-9,11,13,18-20H,10,12,24H2,1-2H3/t18-,19-,20-/m0/s1. The molecule has 26 heavy (non-hydrogen) atoms. The van der Waals surface area contributed by atoms with Gasteiger partial charge in [-0.15, -0.1) is 0 Å². The molecule has 0 unspecified atom stereocenters. The van der Waals surface area contributed by atoms with Gasteiger partial charge in [0.15, 0.2) is 0 Å². The molecule has 1 aliphatic rings. The smallest absolute Gasteiger partial charge is 0.225 e.